The molecule has 1 rings (SSSR count). The lowest BCUT2D eigenvalue weighted by Gasteiger charge is -2.36. The highest BCUT2D eigenvalue weighted by molar-refractivity contribution is 5.23. The van der Waals surface area contributed by atoms with Gasteiger partial charge in [0.25, 0.3) is 0 Å². The van der Waals surface area contributed by atoms with Gasteiger partial charge in [0.15, 0.2) is 0 Å². The second kappa shape index (κ2) is 6.41. The van der Waals surface area contributed by atoms with E-state index >= 15 is 0 Å². The molecule has 0 radical (unpaired) electrons. The van der Waals surface area contributed by atoms with Gasteiger partial charge in [-0.25, -0.2) is 8.78 Å². The Morgan fingerprint density at radius 1 is 1.32 bits per heavy atom. The lowest BCUT2D eigenvalue weighted by Crippen LogP contribution is -2.45. The van der Waals surface area contributed by atoms with Crippen LogP contribution < -0.4 is 11.3 Å². The van der Waals surface area contributed by atoms with Gasteiger partial charge in [-0.1, -0.05) is 26.8 Å². The third-order valence-electron chi connectivity index (χ3n) is 2.98. The van der Waals surface area contributed by atoms with E-state index in [0.717, 1.165) is 6.07 Å². The second-order valence-electron chi connectivity index (χ2n) is 5.55. The van der Waals surface area contributed by atoms with Crippen LogP contribution in [0.2, 0.25) is 0 Å². The van der Waals surface area contributed by atoms with Crippen LogP contribution in [0, 0.1) is 17.0 Å². The van der Waals surface area contributed by atoms with Crippen LogP contribution in [0.25, 0.3) is 0 Å². The fourth-order valence-corrected chi connectivity index (χ4v) is 2.12. The van der Waals surface area contributed by atoms with Gasteiger partial charge in [0, 0.05) is 18.2 Å². The summed E-state index contributed by atoms with van der Waals surface area (Å²) in [6.07, 6.45) is -0.331. The first-order chi connectivity index (χ1) is 8.81. The molecule has 1 aromatic rings. The van der Waals surface area contributed by atoms with Gasteiger partial charge in [0.2, 0.25) is 0 Å². The molecule has 0 aliphatic carbocycles. The Morgan fingerprint density at radius 2 is 1.95 bits per heavy atom. The zero-order valence-corrected chi connectivity index (χ0v) is 11.8. The Labute approximate surface area is 113 Å². The number of halogens is 2. The topological polar surface area (TPSA) is 47.3 Å². The maximum Gasteiger partial charge on any atom is 0.131 e. The molecule has 3 N–H and O–H groups in total. The molecule has 0 fully saturated rings. The predicted octanol–water partition coefficient (Wildman–Crippen LogP) is 2.92. The smallest absolute Gasteiger partial charge is 0.131 e. The number of hydrogen-bond donors (Lipinski definition) is 2. The van der Waals surface area contributed by atoms with Crippen LogP contribution >= 0.6 is 0 Å². The molecule has 0 aliphatic rings. The van der Waals surface area contributed by atoms with Crippen molar-refractivity contribution in [3.05, 3.63) is 35.4 Å². The van der Waals surface area contributed by atoms with Gasteiger partial charge in [-0.2, -0.15) is 0 Å². The van der Waals surface area contributed by atoms with E-state index in [1.165, 1.54) is 12.1 Å². The minimum Gasteiger partial charge on any atom is -0.376 e. The van der Waals surface area contributed by atoms with Gasteiger partial charge < -0.3 is 4.74 Å². The molecular formula is C14H22F2N2O. The fraction of sp³-hybridized carbons (Fsp3) is 0.571. The van der Waals surface area contributed by atoms with Crippen molar-refractivity contribution in [2.45, 2.75) is 39.8 Å². The van der Waals surface area contributed by atoms with Crippen molar-refractivity contribution in [3.8, 4) is 0 Å². The van der Waals surface area contributed by atoms with E-state index in [9.17, 15) is 8.78 Å². The molecule has 0 aliphatic heterocycles. The van der Waals surface area contributed by atoms with Crippen LogP contribution in [-0.4, -0.2) is 12.7 Å². The van der Waals surface area contributed by atoms with Gasteiger partial charge in [-0.15, -0.1) is 0 Å². The second-order valence-corrected chi connectivity index (χ2v) is 5.55. The Bertz CT molecular complexity index is 418. The maximum atomic E-state index is 13.9. The Kier molecular flexibility index (Phi) is 5.40. The summed E-state index contributed by atoms with van der Waals surface area (Å²) in [6.45, 7) is 8.31. The number of benzene rings is 1. The molecule has 108 valence electrons. The summed E-state index contributed by atoms with van der Waals surface area (Å²) in [6, 6.07) is 2.92. The molecule has 3 nitrogen and oxygen atoms in total. The molecule has 19 heavy (non-hydrogen) atoms. The van der Waals surface area contributed by atoms with Crippen molar-refractivity contribution < 1.29 is 13.5 Å². The molecule has 0 amide bonds. The largest absolute Gasteiger partial charge is 0.376 e. The maximum absolute atomic E-state index is 13.9. The number of ether oxygens (including phenoxy) is 1. The van der Waals surface area contributed by atoms with Crippen LogP contribution in [0.4, 0.5) is 8.78 Å². The molecule has 5 heteroatoms. The van der Waals surface area contributed by atoms with Crippen LogP contribution in [-0.2, 0) is 4.74 Å². The molecule has 2 unspecified atom stereocenters. The van der Waals surface area contributed by atoms with Gasteiger partial charge in [-0.05, 0) is 18.4 Å². The Morgan fingerprint density at radius 3 is 2.37 bits per heavy atom. The van der Waals surface area contributed by atoms with Crippen molar-refractivity contribution in [2.75, 3.05) is 6.61 Å². The van der Waals surface area contributed by atoms with E-state index in [-0.39, 0.29) is 11.5 Å². The molecule has 2 atom stereocenters. The number of hydrogen-bond acceptors (Lipinski definition) is 3. The lowest BCUT2D eigenvalue weighted by molar-refractivity contribution is -0.0373. The van der Waals surface area contributed by atoms with Crippen molar-refractivity contribution in [1.82, 2.24) is 5.43 Å². The molecular weight excluding hydrogens is 250 g/mol. The predicted molar refractivity (Wildman–Crippen MR) is 71.3 cm³/mol. The zero-order chi connectivity index (χ0) is 14.6. The zero-order valence-electron chi connectivity index (χ0n) is 11.8. The lowest BCUT2D eigenvalue weighted by atomic mass is 9.82. The number of nitrogens with two attached hydrogens (primary N) is 1. The third kappa shape index (κ3) is 3.96. The number of rotatable bonds is 5. The van der Waals surface area contributed by atoms with Crippen LogP contribution in [0.15, 0.2) is 18.2 Å². The summed E-state index contributed by atoms with van der Waals surface area (Å²) in [4.78, 5) is 0. The molecule has 0 saturated heterocycles. The molecule has 0 heterocycles. The molecule has 1 aromatic carbocycles. The molecule has 0 bridgehead atoms. The minimum absolute atomic E-state index is 0.242. The van der Waals surface area contributed by atoms with Gasteiger partial charge in [0.1, 0.15) is 11.6 Å². The molecule has 0 aromatic heterocycles. The molecule has 0 saturated carbocycles. The van der Waals surface area contributed by atoms with E-state index in [1.807, 2.05) is 27.7 Å². The van der Waals surface area contributed by atoms with Gasteiger partial charge in [-0.3, -0.25) is 11.3 Å². The normalized spacial score (nSPS) is 15.3. The third-order valence-corrected chi connectivity index (χ3v) is 2.98. The standard InChI is InChI=1S/C14H22F2N2O/c1-5-19-13(14(2,3)4)12(18-17)10-7-6-9(15)8-11(10)16/h6-8,12-13,18H,5,17H2,1-4H3. The first-order valence-corrected chi connectivity index (χ1v) is 6.34. The Balaban J connectivity index is 3.16. The summed E-state index contributed by atoms with van der Waals surface area (Å²) in [5.74, 6) is 4.31. The summed E-state index contributed by atoms with van der Waals surface area (Å²) in [5, 5.41) is 0. The van der Waals surface area contributed by atoms with Gasteiger partial charge >= 0.3 is 0 Å². The van der Waals surface area contributed by atoms with Crippen molar-refractivity contribution in [2.24, 2.45) is 11.3 Å². The van der Waals surface area contributed by atoms with Crippen LogP contribution in [0.5, 0.6) is 0 Å². The summed E-state index contributed by atoms with van der Waals surface area (Å²) < 4.78 is 32.6. The van der Waals surface area contributed by atoms with Gasteiger partial charge in [0.05, 0.1) is 12.1 Å². The van der Waals surface area contributed by atoms with E-state index in [2.05, 4.69) is 5.43 Å². The highest BCUT2D eigenvalue weighted by Crippen LogP contribution is 2.33. The van der Waals surface area contributed by atoms with E-state index < -0.39 is 17.7 Å². The van der Waals surface area contributed by atoms with Crippen molar-refractivity contribution >= 4 is 0 Å². The fourth-order valence-electron chi connectivity index (χ4n) is 2.12. The first-order valence-electron chi connectivity index (χ1n) is 6.34. The first kappa shape index (κ1) is 16.0. The SMILES string of the molecule is CCOC(C(NN)c1ccc(F)cc1F)C(C)(C)C. The molecule has 0 spiro atoms. The highest BCUT2D eigenvalue weighted by atomic mass is 19.1. The summed E-state index contributed by atoms with van der Waals surface area (Å²) in [5.41, 5.74) is 2.64. The Hall–Kier alpha value is -1.04. The van der Waals surface area contributed by atoms with Crippen molar-refractivity contribution in [1.29, 1.82) is 0 Å². The minimum atomic E-state index is -0.628. The van der Waals surface area contributed by atoms with E-state index in [4.69, 9.17) is 10.6 Å². The summed E-state index contributed by atoms with van der Waals surface area (Å²) >= 11 is 0. The summed E-state index contributed by atoms with van der Waals surface area (Å²) in [7, 11) is 0. The average Bonchev–Trinajstić information content (AvgIpc) is 2.30. The monoisotopic (exact) mass is 272 g/mol. The quantitative estimate of drug-likeness (QED) is 0.640. The van der Waals surface area contributed by atoms with Crippen LogP contribution in [0.3, 0.4) is 0 Å². The highest BCUT2D eigenvalue weighted by Gasteiger charge is 2.34. The van der Waals surface area contributed by atoms with E-state index in [1.54, 1.807) is 0 Å². The number of nitrogens with one attached hydrogen (secondary N) is 1. The van der Waals surface area contributed by atoms with E-state index in [0.29, 0.717) is 12.2 Å². The van der Waals surface area contributed by atoms with Crippen LogP contribution in [0.1, 0.15) is 39.3 Å². The average molecular weight is 272 g/mol. The van der Waals surface area contributed by atoms with Crippen molar-refractivity contribution in [3.63, 3.8) is 0 Å². The number of hydrazine groups is 1.